The van der Waals surface area contributed by atoms with Crippen LogP contribution in [0.15, 0.2) is 12.2 Å². The van der Waals surface area contributed by atoms with E-state index in [0.29, 0.717) is 0 Å². The Kier molecular flexibility index (Phi) is 6.19. The first-order valence-electron chi connectivity index (χ1n) is 5.61. The van der Waals surface area contributed by atoms with Crippen molar-refractivity contribution in [1.82, 2.24) is 0 Å². The Hall–Kier alpha value is -0.195. The van der Waals surface area contributed by atoms with Gasteiger partial charge in [0.25, 0.3) is 0 Å². The lowest BCUT2D eigenvalue weighted by atomic mass is 9.69. The van der Waals surface area contributed by atoms with Gasteiger partial charge in [-0.1, -0.05) is 45.7 Å². The molecule has 0 aliphatic rings. The van der Waals surface area contributed by atoms with Crippen molar-refractivity contribution in [3.8, 4) is 0 Å². The fraction of sp³-hybridized carbons (Fsp3) is 0.833. The van der Waals surface area contributed by atoms with Gasteiger partial charge < -0.3 is 0 Å². The standard InChI is InChI=1S/C12H25B/c1-6-7-10(4)8-12(9(2)3)11(5)13/h6-7,9-12H,8,13H2,1-5H3/b7-6+. The van der Waals surface area contributed by atoms with E-state index in [1.54, 1.807) is 0 Å². The van der Waals surface area contributed by atoms with Crippen LogP contribution in [0.2, 0.25) is 5.82 Å². The number of rotatable bonds is 5. The number of hydrogen-bond acceptors (Lipinski definition) is 0. The summed E-state index contributed by atoms with van der Waals surface area (Å²) in [5.74, 6) is 3.23. The fourth-order valence-corrected chi connectivity index (χ4v) is 2.15. The van der Waals surface area contributed by atoms with Crippen LogP contribution in [0.1, 0.15) is 41.0 Å². The van der Waals surface area contributed by atoms with Crippen molar-refractivity contribution in [2.45, 2.75) is 46.9 Å². The third kappa shape index (κ3) is 5.18. The van der Waals surface area contributed by atoms with Crippen LogP contribution in [-0.4, -0.2) is 7.85 Å². The van der Waals surface area contributed by atoms with Crippen LogP contribution in [0.3, 0.4) is 0 Å². The lowest BCUT2D eigenvalue weighted by Crippen LogP contribution is -2.16. The topological polar surface area (TPSA) is 0 Å². The highest BCUT2D eigenvalue weighted by Crippen LogP contribution is 2.29. The molecule has 0 rings (SSSR count). The summed E-state index contributed by atoms with van der Waals surface area (Å²) >= 11 is 0. The van der Waals surface area contributed by atoms with Crippen LogP contribution >= 0.6 is 0 Å². The van der Waals surface area contributed by atoms with E-state index in [1.807, 2.05) is 0 Å². The first-order valence-corrected chi connectivity index (χ1v) is 5.61. The molecule has 0 radical (unpaired) electrons. The molecule has 13 heavy (non-hydrogen) atoms. The number of hydrogen-bond donors (Lipinski definition) is 0. The molecule has 0 saturated carbocycles. The summed E-state index contributed by atoms with van der Waals surface area (Å²) in [5.41, 5.74) is 0. The van der Waals surface area contributed by atoms with Gasteiger partial charge in [-0.2, -0.15) is 0 Å². The molecular formula is C12H25B. The highest BCUT2D eigenvalue weighted by Gasteiger charge is 2.18. The van der Waals surface area contributed by atoms with Crippen molar-refractivity contribution in [3.63, 3.8) is 0 Å². The Bertz CT molecular complexity index is 139. The molecule has 0 aromatic heterocycles. The van der Waals surface area contributed by atoms with E-state index < -0.39 is 0 Å². The Labute approximate surface area is 85.2 Å². The predicted octanol–water partition coefficient (Wildman–Crippen LogP) is 3.30. The predicted molar refractivity (Wildman–Crippen MR) is 64.9 cm³/mol. The quantitative estimate of drug-likeness (QED) is 0.449. The van der Waals surface area contributed by atoms with Crippen LogP contribution in [0, 0.1) is 17.8 Å². The smallest absolute Gasteiger partial charge is 0.0914 e. The average molecular weight is 180 g/mol. The minimum absolute atomic E-state index is 0.736. The molecule has 0 amide bonds. The molecule has 0 bridgehead atoms. The average Bonchev–Trinajstić information content (AvgIpc) is 1.99. The van der Waals surface area contributed by atoms with Gasteiger partial charge in [0.1, 0.15) is 7.85 Å². The summed E-state index contributed by atoms with van der Waals surface area (Å²) in [6.45, 7) is 11.4. The molecule has 76 valence electrons. The molecule has 1 heteroatoms. The largest absolute Gasteiger partial charge is 0.105 e. The van der Waals surface area contributed by atoms with Crippen molar-refractivity contribution in [2.24, 2.45) is 17.8 Å². The molecule has 0 aromatic rings. The van der Waals surface area contributed by atoms with E-state index in [-0.39, 0.29) is 0 Å². The summed E-state index contributed by atoms with van der Waals surface area (Å²) in [5, 5.41) is 0. The normalized spacial score (nSPS) is 19.2. The van der Waals surface area contributed by atoms with Gasteiger partial charge in [-0.25, -0.2) is 0 Å². The maximum atomic E-state index is 2.34. The molecule has 0 N–H and O–H groups in total. The zero-order chi connectivity index (χ0) is 10.4. The van der Waals surface area contributed by atoms with E-state index in [2.05, 4.69) is 54.6 Å². The third-order valence-corrected chi connectivity index (χ3v) is 2.88. The van der Waals surface area contributed by atoms with Crippen LogP contribution in [-0.2, 0) is 0 Å². The molecule has 0 aliphatic heterocycles. The van der Waals surface area contributed by atoms with Gasteiger partial charge in [0, 0.05) is 0 Å². The van der Waals surface area contributed by atoms with Crippen molar-refractivity contribution in [3.05, 3.63) is 12.2 Å². The zero-order valence-electron chi connectivity index (χ0n) is 10.2. The monoisotopic (exact) mass is 180 g/mol. The van der Waals surface area contributed by atoms with Crippen molar-refractivity contribution in [1.29, 1.82) is 0 Å². The molecule has 3 atom stereocenters. The van der Waals surface area contributed by atoms with E-state index in [0.717, 1.165) is 23.6 Å². The Morgan fingerprint density at radius 3 is 2.00 bits per heavy atom. The highest BCUT2D eigenvalue weighted by molar-refractivity contribution is 6.11. The second-order valence-corrected chi connectivity index (χ2v) is 4.89. The first-order chi connectivity index (χ1) is 5.99. The maximum Gasteiger partial charge on any atom is 0.105 e. The van der Waals surface area contributed by atoms with Gasteiger partial charge in [0.05, 0.1) is 0 Å². The highest BCUT2D eigenvalue weighted by atomic mass is 14.2. The van der Waals surface area contributed by atoms with Gasteiger partial charge in [0.15, 0.2) is 0 Å². The van der Waals surface area contributed by atoms with Crippen LogP contribution in [0.25, 0.3) is 0 Å². The lowest BCUT2D eigenvalue weighted by molar-refractivity contribution is 0.321. The SMILES string of the molecule is BC(C)C(CC(C)/C=C/C)C(C)C. The van der Waals surface area contributed by atoms with Gasteiger partial charge in [0.2, 0.25) is 0 Å². The van der Waals surface area contributed by atoms with E-state index in [9.17, 15) is 0 Å². The summed E-state index contributed by atoms with van der Waals surface area (Å²) in [4.78, 5) is 0. The minimum Gasteiger partial charge on any atom is -0.0914 e. The molecule has 0 heterocycles. The van der Waals surface area contributed by atoms with Gasteiger partial charge >= 0.3 is 0 Å². The summed E-state index contributed by atoms with van der Waals surface area (Å²) in [6.07, 6.45) is 5.82. The van der Waals surface area contributed by atoms with Crippen molar-refractivity contribution in [2.75, 3.05) is 0 Å². The van der Waals surface area contributed by atoms with E-state index >= 15 is 0 Å². The second-order valence-electron chi connectivity index (χ2n) is 4.89. The Morgan fingerprint density at radius 1 is 1.15 bits per heavy atom. The zero-order valence-corrected chi connectivity index (χ0v) is 10.2. The maximum absolute atomic E-state index is 2.34. The van der Waals surface area contributed by atoms with Gasteiger partial charge in [-0.15, -0.1) is 0 Å². The van der Waals surface area contributed by atoms with Crippen molar-refractivity contribution >= 4 is 7.85 Å². The molecule has 3 unspecified atom stereocenters. The minimum atomic E-state index is 0.736. The summed E-state index contributed by atoms with van der Waals surface area (Å²) in [6, 6.07) is 0. The van der Waals surface area contributed by atoms with Crippen molar-refractivity contribution < 1.29 is 0 Å². The molecule has 0 aromatic carbocycles. The molecule has 0 saturated heterocycles. The van der Waals surface area contributed by atoms with Gasteiger partial charge in [-0.05, 0) is 31.1 Å². The first kappa shape index (κ1) is 12.8. The Balaban J connectivity index is 4.10. The third-order valence-electron chi connectivity index (χ3n) is 2.88. The van der Waals surface area contributed by atoms with Crippen LogP contribution in [0.5, 0.6) is 0 Å². The fourth-order valence-electron chi connectivity index (χ4n) is 2.15. The second kappa shape index (κ2) is 6.29. The van der Waals surface area contributed by atoms with Crippen LogP contribution < -0.4 is 0 Å². The van der Waals surface area contributed by atoms with E-state index in [4.69, 9.17) is 0 Å². The molecule has 0 aliphatic carbocycles. The molecule has 0 spiro atoms. The lowest BCUT2D eigenvalue weighted by Gasteiger charge is -2.26. The summed E-state index contributed by atoms with van der Waals surface area (Å²) < 4.78 is 0. The molecule has 0 fully saturated rings. The molecular weight excluding hydrogens is 155 g/mol. The Morgan fingerprint density at radius 2 is 1.69 bits per heavy atom. The summed E-state index contributed by atoms with van der Waals surface area (Å²) in [7, 11) is 2.34. The van der Waals surface area contributed by atoms with Crippen LogP contribution in [0.4, 0.5) is 0 Å². The van der Waals surface area contributed by atoms with Gasteiger partial charge in [-0.3, -0.25) is 0 Å². The number of allylic oxidation sites excluding steroid dienone is 2. The van der Waals surface area contributed by atoms with E-state index in [1.165, 1.54) is 6.42 Å². The molecule has 0 nitrogen and oxygen atoms in total.